The van der Waals surface area contributed by atoms with E-state index in [0.29, 0.717) is 5.92 Å². The van der Waals surface area contributed by atoms with Gasteiger partial charge < -0.3 is 0 Å². The minimum absolute atomic E-state index is 0.648. The van der Waals surface area contributed by atoms with Crippen molar-refractivity contribution in [3.8, 4) is 6.07 Å². The molecule has 1 rings (SSSR count). The molecule has 0 aromatic rings. The van der Waals surface area contributed by atoms with Crippen molar-refractivity contribution in [2.24, 2.45) is 17.8 Å². The molecule has 0 aromatic heterocycles. The van der Waals surface area contributed by atoms with Crippen molar-refractivity contribution in [3.05, 3.63) is 4.85 Å². The molecule has 0 radical (unpaired) electrons. The molecule has 0 spiro atoms. The first-order valence-electron chi connectivity index (χ1n) is 3.60. The van der Waals surface area contributed by atoms with Crippen LogP contribution in [-0.4, -0.2) is 7.05 Å². The average Bonchev–Trinajstić information content (AvgIpc) is 1.84. The molecule has 1 heteroatoms. The van der Waals surface area contributed by atoms with Gasteiger partial charge in [-0.15, -0.1) is 0 Å². The summed E-state index contributed by atoms with van der Waals surface area (Å²) >= 11 is 0. The fourth-order valence-electron chi connectivity index (χ4n) is 1.65. The predicted octanol–water partition coefficient (Wildman–Crippen LogP) is 2.24. The highest BCUT2D eigenvalue weighted by molar-refractivity contribution is 5.03. The lowest BCUT2D eigenvalue weighted by Crippen LogP contribution is -2.31. The molecule has 0 amide bonds. The first-order valence-corrected chi connectivity index (χ1v) is 3.60. The largest absolute Gasteiger partial charge is 0.276 e. The number of hydrogen-bond acceptors (Lipinski definition) is 0. The van der Waals surface area contributed by atoms with Crippen molar-refractivity contribution in [2.45, 2.75) is 20.3 Å². The molecule has 0 saturated heterocycles. The molecule has 0 aliphatic heterocycles. The van der Waals surface area contributed by atoms with E-state index in [4.69, 9.17) is 0 Å². The van der Waals surface area contributed by atoms with E-state index in [1.165, 1.54) is 6.42 Å². The van der Waals surface area contributed by atoms with Crippen molar-refractivity contribution in [1.82, 2.24) is 0 Å². The van der Waals surface area contributed by atoms with Gasteiger partial charge in [-0.3, -0.25) is 0 Å². The summed E-state index contributed by atoms with van der Waals surface area (Å²) < 4.78 is 0. The van der Waals surface area contributed by atoms with Crippen LogP contribution in [0.15, 0.2) is 0 Å². The topological polar surface area (TPSA) is 4.36 Å². The first kappa shape index (κ1) is 6.61. The van der Waals surface area contributed by atoms with Gasteiger partial charge in [-0.25, -0.2) is 0 Å². The Kier molecular flexibility index (Phi) is 1.75. The summed E-state index contributed by atoms with van der Waals surface area (Å²) in [6.45, 7) is 4.53. The second kappa shape index (κ2) is 2.39. The average molecular weight is 124 g/mol. The van der Waals surface area contributed by atoms with Gasteiger partial charge >= 0.3 is 0 Å². The van der Waals surface area contributed by atoms with E-state index in [9.17, 15) is 0 Å². The van der Waals surface area contributed by atoms with E-state index >= 15 is 0 Å². The standard InChI is InChI=1S/C8H14N/c1-6-4-7(2)8(6)5-9-3/h6-8H,4H2,1-3H3/q+1. The SMILES string of the molecule is C[N+]#CC1C(C)CC1C. The van der Waals surface area contributed by atoms with Gasteiger partial charge in [0.25, 0.3) is 13.1 Å². The molecule has 2 unspecified atom stereocenters. The van der Waals surface area contributed by atoms with Gasteiger partial charge in [0.05, 0.1) is 5.92 Å². The van der Waals surface area contributed by atoms with Crippen LogP contribution in [-0.2, 0) is 0 Å². The van der Waals surface area contributed by atoms with Crippen molar-refractivity contribution < 1.29 is 0 Å². The third-order valence-corrected chi connectivity index (χ3v) is 2.25. The maximum absolute atomic E-state index is 3.91. The van der Waals surface area contributed by atoms with Gasteiger partial charge in [0, 0.05) is 0 Å². The van der Waals surface area contributed by atoms with E-state index in [0.717, 1.165) is 11.8 Å². The van der Waals surface area contributed by atoms with Crippen LogP contribution < -0.4 is 0 Å². The van der Waals surface area contributed by atoms with Crippen molar-refractivity contribution in [2.75, 3.05) is 7.05 Å². The van der Waals surface area contributed by atoms with Gasteiger partial charge in [-0.2, -0.15) is 0 Å². The maximum atomic E-state index is 3.91. The van der Waals surface area contributed by atoms with Crippen molar-refractivity contribution in [1.29, 1.82) is 0 Å². The van der Waals surface area contributed by atoms with Crippen molar-refractivity contribution in [3.63, 3.8) is 0 Å². The fourth-order valence-corrected chi connectivity index (χ4v) is 1.65. The van der Waals surface area contributed by atoms with E-state index < -0.39 is 0 Å². The number of hydrogen-bond donors (Lipinski definition) is 0. The van der Waals surface area contributed by atoms with Gasteiger partial charge in [0.2, 0.25) is 0 Å². The van der Waals surface area contributed by atoms with E-state index in [-0.39, 0.29) is 0 Å². The van der Waals surface area contributed by atoms with Gasteiger partial charge in [-0.1, -0.05) is 18.7 Å². The molecule has 50 valence electrons. The molecule has 9 heavy (non-hydrogen) atoms. The van der Waals surface area contributed by atoms with Crippen LogP contribution in [0, 0.1) is 23.8 Å². The molecule has 1 aliphatic rings. The zero-order chi connectivity index (χ0) is 6.85. The Hall–Kier alpha value is -0.510. The summed E-state index contributed by atoms with van der Waals surface area (Å²) in [5.41, 5.74) is 0. The van der Waals surface area contributed by atoms with Gasteiger partial charge in [0.1, 0.15) is 0 Å². The fraction of sp³-hybridized carbons (Fsp3) is 0.875. The molecule has 1 saturated carbocycles. The predicted molar refractivity (Wildman–Crippen MR) is 39.6 cm³/mol. The van der Waals surface area contributed by atoms with E-state index in [1.54, 1.807) is 7.05 Å². The third-order valence-electron chi connectivity index (χ3n) is 2.25. The molecule has 0 heterocycles. The third kappa shape index (κ3) is 1.08. The van der Waals surface area contributed by atoms with E-state index in [1.807, 2.05) is 0 Å². The number of nitrogens with zero attached hydrogens (tertiary/aromatic N) is 1. The number of rotatable bonds is 0. The second-order valence-corrected chi connectivity index (χ2v) is 3.07. The molecule has 1 nitrogen and oxygen atoms in total. The second-order valence-electron chi connectivity index (χ2n) is 3.07. The smallest absolute Gasteiger partial charge is 0.0867 e. The van der Waals surface area contributed by atoms with Gasteiger partial charge in [-0.05, 0) is 18.3 Å². The summed E-state index contributed by atoms with van der Waals surface area (Å²) in [5.74, 6) is 2.29. The molecular formula is C8H14N+. The molecule has 1 aliphatic carbocycles. The first-order chi connectivity index (χ1) is 4.25. The van der Waals surface area contributed by atoms with Crippen LogP contribution in [0.4, 0.5) is 0 Å². The Morgan fingerprint density at radius 1 is 1.33 bits per heavy atom. The molecule has 2 atom stereocenters. The van der Waals surface area contributed by atoms with Gasteiger partial charge in [0.15, 0.2) is 0 Å². The van der Waals surface area contributed by atoms with Crippen molar-refractivity contribution >= 4 is 0 Å². The Labute approximate surface area is 56.9 Å². The minimum atomic E-state index is 0.648. The molecule has 1 fully saturated rings. The van der Waals surface area contributed by atoms with Crippen LogP contribution in [0.2, 0.25) is 0 Å². The van der Waals surface area contributed by atoms with Crippen LogP contribution in [0.1, 0.15) is 20.3 Å². The Balaban J connectivity index is 2.45. The maximum Gasteiger partial charge on any atom is 0.276 e. The molecule has 0 bridgehead atoms. The lowest BCUT2D eigenvalue weighted by atomic mass is 9.67. The minimum Gasteiger partial charge on any atom is -0.0867 e. The van der Waals surface area contributed by atoms with Crippen LogP contribution >= 0.6 is 0 Å². The zero-order valence-electron chi connectivity index (χ0n) is 6.39. The molecule has 0 N–H and O–H groups in total. The van der Waals surface area contributed by atoms with Crippen LogP contribution in [0.25, 0.3) is 4.85 Å². The lowest BCUT2D eigenvalue weighted by molar-refractivity contribution is 0.157. The van der Waals surface area contributed by atoms with Crippen LogP contribution in [0.5, 0.6) is 0 Å². The lowest BCUT2D eigenvalue weighted by Gasteiger charge is -2.33. The quantitative estimate of drug-likeness (QED) is 0.466. The Morgan fingerprint density at radius 3 is 2.11 bits per heavy atom. The Bertz CT molecular complexity index is 144. The van der Waals surface area contributed by atoms with E-state index in [2.05, 4.69) is 24.8 Å². The summed E-state index contributed by atoms with van der Waals surface area (Å²) in [5, 5.41) is 0. The molecule has 0 aromatic carbocycles. The normalized spacial score (nSPS) is 40.6. The summed E-state index contributed by atoms with van der Waals surface area (Å²) in [6.07, 6.45) is 1.35. The summed E-state index contributed by atoms with van der Waals surface area (Å²) in [6, 6.07) is 3.11. The Morgan fingerprint density at radius 2 is 1.89 bits per heavy atom. The highest BCUT2D eigenvalue weighted by atomic mass is 14.6. The molecular weight excluding hydrogens is 110 g/mol. The highest BCUT2D eigenvalue weighted by Gasteiger charge is 2.37. The highest BCUT2D eigenvalue weighted by Crippen LogP contribution is 2.38. The zero-order valence-corrected chi connectivity index (χ0v) is 6.39. The summed E-state index contributed by atoms with van der Waals surface area (Å²) in [4.78, 5) is 3.91. The summed E-state index contributed by atoms with van der Waals surface area (Å²) in [7, 11) is 1.80. The monoisotopic (exact) mass is 124 g/mol. The van der Waals surface area contributed by atoms with Crippen LogP contribution in [0.3, 0.4) is 0 Å².